The minimum Gasteiger partial charge on any atom is -0.482 e. The van der Waals surface area contributed by atoms with Crippen molar-refractivity contribution in [2.45, 2.75) is 13.8 Å². The van der Waals surface area contributed by atoms with Crippen LogP contribution in [-0.4, -0.2) is 28.6 Å². The molecular formula is C18H16N2O4S2. The van der Waals surface area contributed by atoms with Gasteiger partial charge in [-0.1, -0.05) is 0 Å². The maximum absolute atomic E-state index is 12.6. The number of aryl methyl sites for hydroxylation is 2. The largest absolute Gasteiger partial charge is 0.482 e. The SMILES string of the molecule is Cc1cc(OCC(=O)O)ccc1NC(=O)c1sc(-c2ccsc2)nc1C. The van der Waals surface area contributed by atoms with E-state index in [0.29, 0.717) is 22.0 Å². The van der Waals surface area contributed by atoms with Gasteiger partial charge in [0.05, 0.1) is 5.69 Å². The van der Waals surface area contributed by atoms with Gasteiger partial charge in [0.1, 0.15) is 15.6 Å². The molecule has 0 radical (unpaired) electrons. The summed E-state index contributed by atoms with van der Waals surface area (Å²) in [5.74, 6) is -0.817. The maximum Gasteiger partial charge on any atom is 0.341 e. The van der Waals surface area contributed by atoms with Crippen LogP contribution in [-0.2, 0) is 4.79 Å². The van der Waals surface area contributed by atoms with Crippen molar-refractivity contribution in [3.63, 3.8) is 0 Å². The van der Waals surface area contributed by atoms with Crippen LogP contribution >= 0.6 is 22.7 Å². The van der Waals surface area contributed by atoms with Crippen LogP contribution < -0.4 is 10.1 Å². The number of thiazole rings is 1. The second-order valence-electron chi connectivity index (χ2n) is 5.56. The first kappa shape index (κ1) is 18.1. The Labute approximate surface area is 158 Å². The number of aliphatic carboxylic acids is 1. The van der Waals surface area contributed by atoms with Gasteiger partial charge in [-0.25, -0.2) is 9.78 Å². The Bertz CT molecular complexity index is 948. The highest BCUT2D eigenvalue weighted by molar-refractivity contribution is 7.17. The van der Waals surface area contributed by atoms with Gasteiger partial charge in [0, 0.05) is 16.6 Å². The Hall–Kier alpha value is -2.71. The molecule has 3 aromatic rings. The van der Waals surface area contributed by atoms with Crippen molar-refractivity contribution in [2.75, 3.05) is 11.9 Å². The molecule has 2 aromatic heterocycles. The molecule has 2 N–H and O–H groups in total. The number of carboxylic acids is 1. The average molecular weight is 388 g/mol. The molecule has 0 bridgehead atoms. The second kappa shape index (κ2) is 7.67. The van der Waals surface area contributed by atoms with E-state index < -0.39 is 12.6 Å². The normalized spacial score (nSPS) is 10.5. The number of nitrogens with one attached hydrogen (secondary N) is 1. The van der Waals surface area contributed by atoms with Crippen LogP contribution in [0.5, 0.6) is 5.75 Å². The molecule has 6 nitrogen and oxygen atoms in total. The number of benzene rings is 1. The number of carbonyl (C=O) groups excluding carboxylic acids is 1. The Balaban J connectivity index is 1.75. The van der Waals surface area contributed by atoms with Gasteiger partial charge in [-0.2, -0.15) is 11.3 Å². The minimum absolute atomic E-state index is 0.219. The van der Waals surface area contributed by atoms with Gasteiger partial charge in [-0.05, 0) is 49.1 Å². The summed E-state index contributed by atoms with van der Waals surface area (Å²) in [6.07, 6.45) is 0. The number of rotatable bonds is 6. The van der Waals surface area contributed by atoms with E-state index in [1.54, 1.807) is 29.5 Å². The highest BCUT2D eigenvalue weighted by atomic mass is 32.1. The van der Waals surface area contributed by atoms with Crippen LogP contribution in [0.4, 0.5) is 5.69 Å². The molecule has 0 saturated heterocycles. The second-order valence-corrected chi connectivity index (χ2v) is 7.34. The quantitative estimate of drug-likeness (QED) is 0.660. The number of amides is 1. The smallest absolute Gasteiger partial charge is 0.341 e. The van der Waals surface area contributed by atoms with Crippen molar-refractivity contribution in [1.82, 2.24) is 4.98 Å². The molecule has 0 aliphatic rings. The van der Waals surface area contributed by atoms with E-state index in [2.05, 4.69) is 10.3 Å². The Morgan fingerprint density at radius 3 is 2.73 bits per heavy atom. The summed E-state index contributed by atoms with van der Waals surface area (Å²) >= 11 is 2.95. The first-order valence-electron chi connectivity index (χ1n) is 7.70. The van der Waals surface area contributed by atoms with Crippen molar-refractivity contribution < 1.29 is 19.4 Å². The van der Waals surface area contributed by atoms with Crippen LogP contribution in [0.2, 0.25) is 0 Å². The molecule has 0 aliphatic heterocycles. The molecule has 0 unspecified atom stereocenters. The molecule has 1 amide bonds. The van der Waals surface area contributed by atoms with Gasteiger partial charge >= 0.3 is 5.97 Å². The zero-order chi connectivity index (χ0) is 18.7. The molecule has 3 rings (SSSR count). The third kappa shape index (κ3) is 4.09. The number of carbonyl (C=O) groups is 2. The fourth-order valence-corrected chi connectivity index (χ4v) is 3.98. The summed E-state index contributed by atoms with van der Waals surface area (Å²) in [4.78, 5) is 28.2. The van der Waals surface area contributed by atoms with Gasteiger partial charge in [-0.15, -0.1) is 11.3 Å². The molecule has 26 heavy (non-hydrogen) atoms. The van der Waals surface area contributed by atoms with Crippen molar-refractivity contribution >= 4 is 40.2 Å². The zero-order valence-corrected chi connectivity index (χ0v) is 15.7. The van der Waals surface area contributed by atoms with Crippen LogP contribution in [0.3, 0.4) is 0 Å². The number of aromatic nitrogens is 1. The van der Waals surface area contributed by atoms with Crippen LogP contribution in [0.15, 0.2) is 35.0 Å². The molecule has 0 fully saturated rings. The molecule has 8 heteroatoms. The number of ether oxygens (including phenoxy) is 1. The van der Waals surface area contributed by atoms with E-state index in [1.807, 2.05) is 30.7 Å². The molecule has 0 aliphatic carbocycles. The van der Waals surface area contributed by atoms with E-state index in [4.69, 9.17) is 9.84 Å². The lowest BCUT2D eigenvalue weighted by Crippen LogP contribution is -2.13. The summed E-state index contributed by atoms with van der Waals surface area (Å²) in [5, 5.41) is 16.3. The molecule has 0 spiro atoms. The van der Waals surface area contributed by atoms with Crippen LogP contribution in [0.1, 0.15) is 20.9 Å². The van der Waals surface area contributed by atoms with E-state index in [9.17, 15) is 9.59 Å². The molecule has 134 valence electrons. The summed E-state index contributed by atoms with van der Waals surface area (Å²) in [6, 6.07) is 6.99. The molecule has 2 heterocycles. The first-order valence-corrected chi connectivity index (χ1v) is 9.46. The Morgan fingerprint density at radius 1 is 1.27 bits per heavy atom. The third-order valence-electron chi connectivity index (χ3n) is 3.58. The summed E-state index contributed by atoms with van der Waals surface area (Å²) in [6.45, 7) is 3.23. The fraction of sp³-hybridized carbons (Fsp3) is 0.167. The first-order chi connectivity index (χ1) is 12.4. The number of carboxylic acid groups (broad SMARTS) is 1. The van der Waals surface area contributed by atoms with Gasteiger partial charge in [0.25, 0.3) is 5.91 Å². The molecule has 1 aromatic carbocycles. The average Bonchev–Trinajstić information content (AvgIpc) is 3.24. The van der Waals surface area contributed by atoms with Crippen molar-refractivity contribution in [3.8, 4) is 16.3 Å². The molecule has 0 atom stereocenters. The lowest BCUT2D eigenvalue weighted by molar-refractivity contribution is -0.139. The predicted octanol–water partition coefficient (Wildman–Crippen LogP) is 4.20. The van der Waals surface area contributed by atoms with Gasteiger partial charge < -0.3 is 15.2 Å². The van der Waals surface area contributed by atoms with Crippen molar-refractivity contribution in [2.24, 2.45) is 0 Å². The standard InChI is InChI=1S/C18H16N2O4S2/c1-10-7-13(24-8-15(21)22)3-4-14(10)20-17(23)16-11(2)19-18(26-16)12-5-6-25-9-12/h3-7,9H,8H2,1-2H3,(H,20,23)(H,21,22). The van der Waals surface area contributed by atoms with E-state index >= 15 is 0 Å². The van der Waals surface area contributed by atoms with Crippen molar-refractivity contribution in [3.05, 3.63) is 51.2 Å². The minimum atomic E-state index is -1.04. The van der Waals surface area contributed by atoms with E-state index in [1.165, 1.54) is 11.3 Å². The number of hydrogen-bond donors (Lipinski definition) is 2. The predicted molar refractivity (Wildman–Crippen MR) is 102 cm³/mol. The number of anilines is 1. The highest BCUT2D eigenvalue weighted by Gasteiger charge is 2.17. The van der Waals surface area contributed by atoms with Crippen LogP contribution in [0.25, 0.3) is 10.6 Å². The Kier molecular flexibility index (Phi) is 5.34. The fourth-order valence-electron chi connectivity index (χ4n) is 2.31. The number of thiophene rings is 1. The molecule has 0 saturated carbocycles. The van der Waals surface area contributed by atoms with Crippen LogP contribution in [0, 0.1) is 13.8 Å². The van der Waals surface area contributed by atoms with E-state index in [-0.39, 0.29) is 5.91 Å². The topological polar surface area (TPSA) is 88.5 Å². The lowest BCUT2D eigenvalue weighted by Gasteiger charge is -2.10. The zero-order valence-electron chi connectivity index (χ0n) is 14.1. The summed E-state index contributed by atoms with van der Waals surface area (Å²) in [7, 11) is 0. The highest BCUT2D eigenvalue weighted by Crippen LogP contribution is 2.30. The maximum atomic E-state index is 12.6. The van der Waals surface area contributed by atoms with Gasteiger partial charge in [-0.3, -0.25) is 4.79 Å². The van der Waals surface area contributed by atoms with Crippen molar-refractivity contribution in [1.29, 1.82) is 0 Å². The summed E-state index contributed by atoms with van der Waals surface area (Å²) in [5.41, 5.74) is 3.12. The summed E-state index contributed by atoms with van der Waals surface area (Å²) < 4.78 is 5.14. The monoisotopic (exact) mass is 388 g/mol. The number of hydrogen-bond acceptors (Lipinski definition) is 6. The third-order valence-corrected chi connectivity index (χ3v) is 5.47. The van der Waals surface area contributed by atoms with Gasteiger partial charge in [0.2, 0.25) is 0 Å². The Morgan fingerprint density at radius 2 is 2.08 bits per heavy atom. The van der Waals surface area contributed by atoms with E-state index in [0.717, 1.165) is 16.1 Å². The number of nitrogens with zero attached hydrogens (tertiary/aromatic N) is 1. The van der Waals surface area contributed by atoms with Gasteiger partial charge in [0.15, 0.2) is 6.61 Å². The molecular weight excluding hydrogens is 372 g/mol. The lowest BCUT2D eigenvalue weighted by atomic mass is 10.2.